The maximum absolute atomic E-state index is 9.81. The van der Waals surface area contributed by atoms with Crippen LogP contribution in [0.3, 0.4) is 0 Å². The van der Waals surface area contributed by atoms with Crippen LogP contribution < -0.4 is 5.32 Å². The first-order valence-corrected chi connectivity index (χ1v) is 5.69. The van der Waals surface area contributed by atoms with Gasteiger partial charge in [-0.15, -0.1) is 0 Å². The lowest BCUT2D eigenvalue weighted by atomic mass is 9.91. The maximum atomic E-state index is 9.81. The van der Waals surface area contributed by atoms with Crippen LogP contribution in [0.2, 0.25) is 0 Å². The van der Waals surface area contributed by atoms with Gasteiger partial charge in [-0.2, -0.15) is 0 Å². The van der Waals surface area contributed by atoms with Crippen LogP contribution in [-0.4, -0.2) is 22.8 Å². The van der Waals surface area contributed by atoms with Crippen molar-refractivity contribution < 1.29 is 5.11 Å². The molecule has 2 heteroatoms. The predicted octanol–water partition coefficient (Wildman–Crippen LogP) is 2.31. The lowest BCUT2D eigenvalue weighted by Gasteiger charge is -2.30. The Kier molecular flexibility index (Phi) is 3.27. The zero-order valence-electron chi connectivity index (χ0n) is 10.2. The summed E-state index contributed by atoms with van der Waals surface area (Å²) in [5, 5.41) is 13.3. The summed E-state index contributed by atoms with van der Waals surface area (Å²) in [6.07, 6.45) is 3.77. The number of rotatable bonds is 3. The molecule has 2 atom stereocenters. The van der Waals surface area contributed by atoms with Gasteiger partial charge in [-0.1, -0.05) is 13.8 Å². The van der Waals surface area contributed by atoms with Gasteiger partial charge in [-0.3, -0.25) is 0 Å². The lowest BCUT2D eigenvalue weighted by Crippen LogP contribution is -2.48. The second kappa shape index (κ2) is 3.82. The van der Waals surface area contributed by atoms with Gasteiger partial charge in [0, 0.05) is 12.1 Å². The highest BCUT2D eigenvalue weighted by Gasteiger charge is 2.33. The topological polar surface area (TPSA) is 32.3 Å². The van der Waals surface area contributed by atoms with Crippen molar-refractivity contribution in [3.63, 3.8) is 0 Å². The molecule has 0 bridgehead atoms. The van der Waals surface area contributed by atoms with E-state index in [2.05, 4.69) is 26.1 Å². The summed E-state index contributed by atoms with van der Waals surface area (Å²) in [5.74, 6) is 0. The molecule has 0 amide bonds. The number of hydrogen-bond donors (Lipinski definition) is 2. The number of nitrogens with one attached hydrogen (secondary N) is 1. The first-order valence-electron chi connectivity index (χ1n) is 5.69. The summed E-state index contributed by atoms with van der Waals surface area (Å²) in [6.45, 7) is 10.4. The summed E-state index contributed by atoms with van der Waals surface area (Å²) in [4.78, 5) is 0. The van der Waals surface area contributed by atoms with E-state index in [1.54, 1.807) is 0 Å². The highest BCUT2D eigenvalue weighted by atomic mass is 16.3. The van der Waals surface area contributed by atoms with E-state index in [1.807, 2.05) is 13.8 Å². The Morgan fingerprint density at radius 3 is 2.36 bits per heavy atom. The molecule has 1 saturated carbocycles. The smallest absolute Gasteiger partial charge is 0.0741 e. The van der Waals surface area contributed by atoms with E-state index < -0.39 is 5.60 Å². The van der Waals surface area contributed by atoms with Gasteiger partial charge in [0.2, 0.25) is 0 Å². The Morgan fingerprint density at radius 1 is 1.43 bits per heavy atom. The molecule has 1 aliphatic carbocycles. The molecule has 0 heterocycles. The molecule has 0 aromatic heterocycles. The van der Waals surface area contributed by atoms with E-state index in [0.29, 0.717) is 11.5 Å². The average Bonchev–Trinajstić information content (AvgIpc) is 2.28. The van der Waals surface area contributed by atoms with Crippen molar-refractivity contribution in [2.24, 2.45) is 5.41 Å². The molecule has 2 nitrogen and oxygen atoms in total. The third kappa shape index (κ3) is 3.25. The average molecular weight is 199 g/mol. The fourth-order valence-corrected chi connectivity index (χ4v) is 2.14. The Labute approximate surface area is 88.1 Å². The fraction of sp³-hybridized carbons (Fsp3) is 1.00. The van der Waals surface area contributed by atoms with Gasteiger partial charge in [0.15, 0.2) is 0 Å². The monoisotopic (exact) mass is 199 g/mol. The normalized spacial score (nSPS) is 29.1. The molecule has 0 aliphatic heterocycles. The van der Waals surface area contributed by atoms with Crippen LogP contribution in [0.5, 0.6) is 0 Å². The second-order valence-electron chi connectivity index (χ2n) is 6.15. The van der Waals surface area contributed by atoms with Crippen molar-refractivity contribution in [1.29, 1.82) is 0 Å². The van der Waals surface area contributed by atoms with Crippen molar-refractivity contribution >= 4 is 0 Å². The van der Waals surface area contributed by atoms with Crippen LogP contribution in [0, 0.1) is 5.41 Å². The SMILES string of the molecule is CC(NC1CCC(C)(C)C1)C(C)(C)O. The number of aliphatic hydroxyl groups is 1. The fourth-order valence-electron chi connectivity index (χ4n) is 2.14. The summed E-state index contributed by atoms with van der Waals surface area (Å²) < 4.78 is 0. The van der Waals surface area contributed by atoms with Crippen LogP contribution in [0.1, 0.15) is 53.9 Å². The molecule has 1 fully saturated rings. The zero-order valence-corrected chi connectivity index (χ0v) is 10.2. The van der Waals surface area contributed by atoms with E-state index in [9.17, 15) is 5.11 Å². The largest absolute Gasteiger partial charge is 0.389 e. The van der Waals surface area contributed by atoms with Crippen molar-refractivity contribution in [2.75, 3.05) is 0 Å². The van der Waals surface area contributed by atoms with Gasteiger partial charge in [-0.25, -0.2) is 0 Å². The molecular weight excluding hydrogens is 174 g/mol. The Morgan fingerprint density at radius 2 is 2.00 bits per heavy atom. The van der Waals surface area contributed by atoms with Crippen LogP contribution in [0.25, 0.3) is 0 Å². The Balaban J connectivity index is 2.40. The van der Waals surface area contributed by atoms with Gasteiger partial charge in [0.05, 0.1) is 5.60 Å². The standard InChI is InChI=1S/C12H25NO/c1-9(12(4,5)14)13-10-6-7-11(2,3)8-10/h9-10,13-14H,6-8H2,1-5H3. The molecule has 0 radical (unpaired) electrons. The molecule has 1 rings (SSSR count). The predicted molar refractivity (Wildman–Crippen MR) is 60.3 cm³/mol. The molecule has 0 spiro atoms. The number of hydrogen-bond acceptors (Lipinski definition) is 2. The van der Waals surface area contributed by atoms with Crippen LogP contribution in [0.15, 0.2) is 0 Å². The van der Waals surface area contributed by atoms with Gasteiger partial charge in [0.25, 0.3) is 0 Å². The highest BCUT2D eigenvalue weighted by Crippen LogP contribution is 2.37. The minimum absolute atomic E-state index is 0.168. The van der Waals surface area contributed by atoms with E-state index in [1.165, 1.54) is 19.3 Å². The molecule has 2 N–H and O–H groups in total. The molecule has 2 unspecified atom stereocenters. The van der Waals surface area contributed by atoms with E-state index in [0.717, 1.165) is 0 Å². The maximum Gasteiger partial charge on any atom is 0.0741 e. The molecule has 84 valence electrons. The Bertz CT molecular complexity index is 193. The van der Waals surface area contributed by atoms with Crippen molar-refractivity contribution in [2.45, 2.75) is 71.6 Å². The summed E-state index contributed by atoms with van der Waals surface area (Å²) in [6, 6.07) is 0.757. The van der Waals surface area contributed by atoms with Crippen molar-refractivity contribution in [1.82, 2.24) is 5.32 Å². The van der Waals surface area contributed by atoms with Crippen LogP contribution in [0.4, 0.5) is 0 Å². The second-order valence-corrected chi connectivity index (χ2v) is 6.15. The van der Waals surface area contributed by atoms with Gasteiger partial charge in [-0.05, 0) is 45.4 Å². The van der Waals surface area contributed by atoms with Gasteiger partial charge in [0.1, 0.15) is 0 Å². The summed E-state index contributed by atoms with van der Waals surface area (Å²) in [7, 11) is 0. The van der Waals surface area contributed by atoms with Gasteiger partial charge >= 0.3 is 0 Å². The first-order chi connectivity index (χ1) is 6.21. The summed E-state index contributed by atoms with van der Waals surface area (Å²) >= 11 is 0. The molecule has 0 saturated heterocycles. The Hall–Kier alpha value is -0.0800. The lowest BCUT2D eigenvalue weighted by molar-refractivity contribution is 0.0396. The molecule has 1 aliphatic rings. The minimum Gasteiger partial charge on any atom is -0.389 e. The minimum atomic E-state index is -0.618. The van der Waals surface area contributed by atoms with Crippen LogP contribution >= 0.6 is 0 Å². The van der Waals surface area contributed by atoms with E-state index in [4.69, 9.17) is 0 Å². The third-order valence-corrected chi connectivity index (χ3v) is 3.51. The van der Waals surface area contributed by atoms with E-state index in [-0.39, 0.29) is 6.04 Å². The van der Waals surface area contributed by atoms with E-state index >= 15 is 0 Å². The first kappa shape index (κ1) is 12.0. The quantitative estimate of drug-likeness (QED) is 0.731. The van der Waals surface area contributed by atoms with Gasteiger partial charge < -0.3 is 10.4 Å². The molecule has 0 aromatic rings. The zero-order chi connectivity index (χ0) is 11.0. The molecule has 14 heavy (non-hydrogen) atoms. The summed E-state index contributed by atoms with van der Waals surface area (Å²) in [5.41, 5.74) is -0.135. The van der Waals surface area contributed by atoms with Crippen molar-refractivity contribution in [3.8, 4) is 0 Å². The molecular formula is C12H25NO. The molecule has 0 aromatic carbocycles. The third-order valence-electron chi connectivity index (χ3n) is 3.51. The van der Waals surface area contributed by atoms with Crippen molar-refractivity contribution in [3.05, 3.63) is 0 Å². The highest BCUT2D eigenvalue weighted by molar-refractivity contribution is 4.90. The van der Waals surface area contributed by atoms with Crippen LogP contribution in [-0.2, 0) is 0 Å².